The third kappa shape index (κ3) is 2.63. The van der Waals surface area contributed by atoms with Gasteiger partial charge in [0.1, 0.15) is 0 Å². The van der Waals surface area contributed by atoms with Crippen molar-refractivity contribution in [3.05, 3.63) is 35.0 Å². The molecular weight excluding hydrogens is 240 g/mol. The molecule has 1 aromatic carbocycles. The lowest BCUT2D eigenvalue weighted by atomic mass is 10.0. The molecule has 0 aliphatic carbocycles. The molecule has 2 rings (SSSR count). The highest BCUT2D eigenvalue weighted by Crippen LogP contribution is 2.22. The number of amides is 1. The van der Waals surface area contributed by atoms with Gasteiger partial charge >= 0.3 is 0 Å². The lowest BCUT2D eigenvalue weighted by Crippen LogP contribution is -2.46. The zero-order valence-electron chi connectivity index (χ0n) is 11.8. The van der Waals surface area contributed by atoms with Crippen LogP contribution in [-0.2, 0) is 0 Å². The SMILES string of the molecule is Cc1[nH]c2ccc(C(=O)NC(C)(C)CO)cc2c1C. The van der Waals surface area contributed by atoms with Gasteiger partial charge in [-0.05, 0) is 51.5 Å². The van der Waals surface area contributed by atoms with Crippen LogP contribution in [0.15, 0.2) is 18.2 Å². The molecule has 0 saturated carbocycles. The zero-order chi connectivity index (χ0) is 14.2. The Morgan fingerprint density at radius 1 is 1.37 bits per heavy atom. The fourth-order valence-electron chi connectivity index (χ4n) is 2.02. The van der Waals surface area contributed by atoms with Crippen LogP contribution in [0.4, 0.5) is 0 Å². The Bertz CT molecular complexity index is 626. The van der Waals surface area contributed by atoms with E-state index in [1.165, 1.54) is 0 Å². The summed E-state index contributed by atoms with van der Waals surface area (Å²) < 4.78 is 0. The Morgan fingerprint density at radius 3 is 2.68 bits per heavy atom. The summed E-state index contributed by atoms with van der Waals surface area (Å²) in [6, 6.07) is 5.59. The first kappa shape index (κ1) is 13.6. The van der Waals surface area contributed by atoms with Crippen molar-refractivity contribution >= 4 is 16.8 Å². The number of carbonyl (C=O) groups excluding carboxylic acids is 1. The summed E-state index contributed by atoms with van der Waals surface area (Å²) in [4.78, 5) is 15.4. The van der Waals surface area contributed by atoms with Gasteiger partial charge in [-0.1, -0.05) is 0 Å². The largest absolute Gasteiger partial charge is 0.394 e. The lowest BCUT2D eigenvalue weighted by molar-refractivity contribution is 0.0869. The van der Waals surface area contributed by atoms with Gasteiger partial charge in [0.2, 0.25) is 0 Å². The Labute approximate surface area is 112 Å². The van der Waals surface area contributed by atoms with Crippen molar-refractivity contribution in [2.24, 2.45) is 0 Å². The molecule has 3 N–H and O–H groups in total. The molecular formula is C15H20N2O2. The van der Waals surface area contributed by atoms with E-state index in [1.807, 2.05) is 26.0 Å². The number of aliphatic hydroxyl groups is 1. The molecule has 4 nitrogen and oxygen atoms in total. The van der Waals surface area contributed by atoms with Gasteiger partial charge in [0.15, 0.2) is 0 Å². The topological polar surface area (TPSA) is 65.1 Å². The number of rotatable bonds is 3. The van der Waals surface area contributed by atoms with Crippen molar-refractivity contribution in [2.45, 2.75) is 33.2 Å². The van der Waals surface area contributed by atoms with Crippen LogP contribution in [0, 0.1) is 13.8 Å². The molecule has 0 saturated heterocycles. The molecule has 0 radical (unpaired) electrons. The Balaban J connectivity index is 2.35. The molecule has 0 aliphatic heterocycles. The summed E-state index contributed by atoms with van der Waals surface area (Å²) in [6.07, 6.45) is 0. The molecule has 0 atom stereocenters. The average Bonchev–Trinajstić information content (AvgIpc) is 2.64. The van der Waals surface area contributed by atoms with E-state index in [1.54, 1.807) is 19.9 Å². The summed E-state index contributed by atoms with van der Waals surface area (Å²) in [7, 11) is 0. The van der Waals surface area contributed by atoms with Gasteiger partial charge in [0, 0.05) is 22.2 Å². The van der Waals surface area contributed by atoms with Crippen molar-refractivity contribution < 1.29 is 9.90 Å². The number of aryl methyl sites for hydroxylation is 2. The number of fused-ring (bicyclic) bond motifs is 1. The number of aromatic nitrogens is 1. The van der Waals surface area contributed by atoms with E-state index in [0.717, 1.165) is 22.2 Å². The van der Waals surface area contributed by atoms with Crippen LogP contribution in [0.1, 0.15) is 35.5 Å². The number of carbonyl (C=O) groups is 1. The van der Waals surface area contributed by atoms with Crippen molar-refractivity contribution in [3.8, 4) is 0 Å². The monoisotopic (exact) mass is 260 g/mol. The molecule has 0 spiro atoms. The standard InChI is InChI=1S/C15H20N2O2/c1-9-10(2)16-13-6-5-11(7-12(9)13)14(19)17-15(3,4)8-18/h5-7,16,18H,8H2,1-4H3,(H,17,19). The second-order valence-electron chi connectivity index (χ2n) is 5.63. The van der Waals surface area contributed by atoms with Gasteiger partial charge in [0.25, 0.3) is 5.91 Å². The third-order valence-electron chi connectivity index (χ3n) is 3.42. The Morgan fingerprint density at radius 2 is 2.05 bits per heavy atom. The third-order valence-corrected chi connectivity index (χ3v) is 3.42. The minimum Gasteiger partial charge on any atom is -0.394 e. The van der Waals surface area contributed by atoms with E-state index in [-0.39, 0.29) is 12.5 Å². The van der Waals surface area contributed by atoms with E-state index in [0.29, 0.717) is 5.56 Å². The molecule has 0 bridgehead atoms. The van der Waals surface area contributed by atoms with E-state index in [4.69, 9.17) is 0 Å². The minimum absolute atomic E-state index is 0.0940. The normalized spacial score (nSPS) is 11.8. The molecule has 1 amide bonds. The first-order valence-electron chi connectivity index (χ1n) is 6.36. The van der Waals surface area contributed by atoms with Gasteiger partial charge < -0.3 is 15.4 Å². The van der Waals surface area contributed by atoms with Gasteiger partial charge in [0.05, 0.1) is 12.1 Å². The minimum atomic E-state index is -0.616. The highest BCUT2D eigenvalue weighted by atomic mass is 16.3. The van der Waals surface area contributed by atoms with Crippen molar-refractivity contribution in [2.75, 3.05) is 6.61 Å². The second kappa shape index (κ2) is 4.70. The molecule has 102 valence electrons. The number of hydrogen-bond donors (Lipinski definition) is 3. The predicted octanol–water partition coefficient (Wildman–Crippen LogP) is 2.29. The highest BCUT2D eigenvalue weighted by Gasteiger charge is 2.20. The number of benzene rings is 1. The highest BCUT2D eigenvalue weighted by molar-refractivity contribution is 5.99. The first-order chi connectivity index (χ1) is 8.84. The summed E-state index contributed by atoms with van der Waals surface area (Å²) in [5.74, 6) is -0.167. The summed E-state index contributed by atoms with van der Waals surface area (Å²) in [5.41, 5.74) is 3.30. The lowest BCUT2D eigenvalue weighted by Gasteiger charge is -2.23. The van der Waals surface area contributed by atoms with Gasteiger partial charge in [-0.3, -0.25) is 4.79 Å². The number of hydrogen-bond acceptors (Lipinski definition) is 2. The fraction of sp³-hybridized carbons (Fsp3) is 0.400. The summed E-state index contributed by atoms with van der Waals surface area (Å²) >= 11 is 0. The predicted molar refractivity (Wildman–Crippen MR) is 76.4 cm³/mol. The first-order valence-corrected chi connectivity index (χ1v) is 6.36. The fourth-order valence-corrected chi connectivity index (χ4v) is 2.02. The molecule has 0 unspecified atom stereocenters. The van der Waals surface area contributed by atoms with Crippen LogP contribution < -0.4 is 5.32 Å². The molecule has 0 aliphatic rings. The van der Waals surface area contributed by atoms with Crippen molar-refractivity contribution in [1.82, 2.24) is 10.3 Å². The second-order valence-corrected chi connectivity index (χ2v) is 5.63. The van der Waals surface area contributed by atoms with E-state index in [2.05, 4.69) is 10.3 Å². The van der Waals surface area contributed by atoms with E-state index < -0.39 is 5.54 Å². The molecule has 1 heterocycles. The van der Waals surface area contributed by atoms with Crippen molar-refractivity contribution in [1.29, 1.82) is 0 Å². The van der Waals surface area contributed by atoms with Gasteiger partial charge in [-0.2, -0.15) is 0 Å². The Kier molecular flexibility index (Phi) is 3.37. The molecule has 4 heteroatoms. The number of H-pyrrole nitrogens is 1. The van der Waals surface area contributed by atoms with Crippen LogP contribution in [-0.4, -0.2) is 28.1 Å². The number of aliphatic hydroxyl groups excluding tert-OH is 1. The van der Waals surface area contributed by atoms with Crippen LogP contribution >= 0.6 is 0 Å². The van der Waals surface area contributed by atoms with Crippen LogP contribution in [0.3, 0.4) is 0 Å². The molecule has 19 heavy (non-hydrogen) atoms. The number of nitrogens with one attached hydrogen (secondary N) is 2. The summed E-state index contributed by atoms with van der Waals surface area (Å²) in [5, 5.41) is 13.1. The van der Waals surface area contributed by atoms with Crippen LogP contribution in [0.25, 0.3) is 10.9 Å². The Hall–Kier alpha value is -1.81. The zero-order valence-corrected chi connectivity index (χ0v) is 11.8. The van der Waals surface area contributed by atoms with Gasteiger partial charge in [-0.25, -0.2) is 0 Å². The maximum atomic E-state index is 12.1. The van der Waals surface area contributed by atoms with Crippen LogP contribution in [0.5, 0.6) is 0 Å². The van der Waals surface area contributed by atoms with Gasteiger partial charge in [-0.15, -0.1) is 0 Å². The smallest absolute Gasteiger partial charge is 0.251 e. The maximum absolute atomic E-state index is 12.1. The average molecular weight is 260 g/mol. The van der Waals surface area contributed by atoms with Crippen molar-refractivity contribution in [3.63, 3.8) is 0 Å². The number of aromatic amines is 1. The molecule has 0 fully saturated rings. The molecule has 1 aromatic heterocycles. The summed E-state index contributed by atoms with van der Waals surface area (Å²) in [6.45, 7) is 7.53. The van der Waals surface area contributed by atoms with E-state index >= 15 is 0 Å². The van der Waals surface area contributed by atoms with E-state index in [9.17, 15) is 9.90 Å². The van der Waals surface area contributed by atoms with Crippen LogP contribution in [0.2, 0.25) is 0 Å². The molecule has 2 aromatic rings. The maximum Gasteiger partial charge on any atom is 0.251 e. The quantitative estimate of drug-likeness (QED) is 0.792.